The number of aromatic nitrogens is 2. The number of carbonyl (C=O) groups excluding carboxylic acids is 3. The van der Waals surface area contributed by atoms with E-state index in [2.05, 4.69) is 21.4 Å². The van der Waals surface area contributed by atoms with Crippen LogP contribution in [0.5, 0.6) is 0 Å². The third-order valence-corrected chi connectivity index (χ3v) is 7.82. The molecule has 3 aromatic rings. The lowest BCUT2D eigenvalue weighted by Crippen LogP contribution is -2.52. The lowest BCUT2D eigenvalue weighted by molar-refractivity contribution is -0.136. The van der Waals surface area contributed by atoms with Crippen molar-refractivity contribution in [3.8, 4) is 6.07 Å². The lowest BCUT2D eigenvalue weighted by atomic mass is 9.80. The molecule has 2 N–H and O–H groups in total. The number of fused-ring (bicyclic) bond motifs is 3. The van der Waals surface area contributed by atoms with Crippen LogP contribution in [0.1, 0.15) is 48.4 Å². The van der Waals surface area contributed by atoms with Crippen LogP contribution in [-0.4, -0.2) is 63.2 Å². The highest BCUT2D eigenvalue weighted by Crippen LogP contribution is 2.47. The summed E-state index contributed by atoms with van der Waals surface area (Å²) in [6, 6.07) is 11.2. The number of rotatable bonds is 5. The summed E-state index contributed by atoms with van der Waals surface area (Å²) in [6.45, 7) is 5.86. The molecule has 3 amide bonds. The van der Waals surface area contributed by atoms with Crippen LogP contribution in [0.15, 0.2) is 36.4 Å². The van der Waals surface area contributed by atoms with E-state index in [1.807, 2.05) is 32.9 Å². The Hall–Kier alpha value is -3.90. The van der Waals surface area contributed by atoms with E-state index in [9.17, 15) is 19.6 Å². The third-order valence-electron chi connectivity index (χ3n) is 7.59. The standard InChI is InChI=1S/C28H29ClN6O3/c1-15(2)9-23(34(4)25(36)22-10-17-6-5-16(3)31-24(17)32-22)26(37)35-14-28(12-19(35)13-30)20-11-18(29)7-8-21(20)33-27(28)38/h5-8,10-11,15,19,23H,9,12,14H2,1-4H3,(H,31,32)(H,33,38)/t19-,23-,28-/m0/s1. The Morgan fingerprint density at radius 2 is 2.05 bits per heavy atom. The summed E-state index contributed by atoms with van der Waals surface area (Å²) in [5, 5.41) is 14.2. The second kappa shape index (κ2) is 9.44. The molecule has 2 aromatic heterocycles. The molecule has 1 fully saturated rings. The first-order chi connectivity index (χ1) is 18.0. The van der Waals surface area contributed by atoms with E-state index in [0.29, 0.717) is 34.0 Å². The fraction of sp³-hybridized carbons (Fsp3) is 0.393. The van der Waals surface area contributed by atoms with E-state index in [-0.39, 0.29) is 36.6 Å². The van der Waals surface area contributed by atoms with E-state index >= 15 is 0 Å². The summed E-state index contributed by atoms with van der Waals surface area (Å²) in [6.07, 6.45) is 0.558. The van der Waals surface area contributed by atoms with Gasteiger partial charge in [0.2, 0.25) is 11.8 Å². The molecule has 4 heterocycles. The molecule has 0 unspecified atom stereocenters. The number of likely N-dealkylation sites (N-methyl/N-ethyl adjacent to an activating group) is 1. The molecule has 5 rings (SSSR count). The first kappa shape index (κ1) is 25.7. The largest absolute Gasteiger partial charge is 0.335 e. The van der Waals surface area contributed by atoms with Crippen LogP contribution in [0.4, 0.5) is 5.69 Å². The molecule has 38 heavy (non-hydrogen) atoms. The van der Waals surface area contributed by atoms with Gasteiger partial charge in [0.05, 0.1) is 11.5 Å². The number of pyridine rings is 1. The highest BCUT2D eigenvalue weighted by Gasteiger charge is 2.56. The van der Waals surface area contributed by atoms with Crippen LogP contribution in [0.25, 0.3) is 11.0 Å². The normalized spacial score (nSPS) is 21.0. The van der Waals surface area contributed by atoms with E-state index in [1.54, 1.807) is 31.3 Å². The molecule has 9 nitrogen and oxygen atoms in total. The summed E-state index contributed by atoms with van der Waals surface area (Å²) < 4.78 is 0. The Kier molecular flexibility index (Phi) is 6.40. The number of anilines is 1. The molecule has 3 atom stereocenters. The minimum Gasteiger partial charge on any atom is -0.335 e. The van der Waals surface area contributed by atoms with E-state index in [0.717, 1.165) is 11.1 Å². The van der Waals surface area contributed by atoms with Crippen LogP contribution < -0.4 is 5.32 Å². The Morgan fingerprint density at radius 3 is 2.76 bits per heavy atom. The summed E-state index contributed by atoms with van der Waals surface area (Å²) in [5.41, 5.74) is 2.01. The Bertz CT molecular complexity index is 1510. The number of nitriles is 1. The highest BCUT2D eigenvalue weighted by atomic mass is 35.5. The number of nitrogens with one attached hydrogen (secondary N) is 2. The SMILES string of the molecule is Cc1ccc2cc(C(=O)N(C)[C@@H](CC(C)C)C(=O)N3C[C@]4(C[C@H]3C#N)C(=O)Nc3ccc(Cl)cc34)[nH]c2n1. The van der Waals surface area contributed by atoms with E-state index < -0.39 is 17.5 Å². The predicted molar refractivity (Wildman–Crippen MR) is 144 cm³/mol. The van der Waals surface area contributed by atoms with Gasteiger partial charge in [-0.15, -0.1) is 0 Å². The topological polar surface area (TPSA) is 122 Å². The first-order valence-corrected chi connectivity index (χ1v) is 13.0. The van der Waals surface area contributed by atoms with Crippen molar-refractivity contribution < 1.29 is 14.4 Å². The summed E-state index contributed by atoms with van der Waals surface area (Å²) in [5.74, 6) is -0.863. The minimum absolute atomic E-state index is 0.0371. The van der Waals surface area contributed by atoms with Crippen LogP contribution in [-0.2, 0) is 15.0 Å². The van der Waals surface area contributed by atoms with Crippen molar-refractivity contribution in [1.29, 1.82) is 5.26 Å². The maximum absolute atomic E-state index is 14.1. The van der Waals surface area contributed by atoms with Crippen molar-refractivity contribution in [3.63, 3.8) is 0 Å². The van der Waals surface area contributed by atoms with Crippen molar-refractivity contribution in [2.75, 3.05) is 18.9 Å². The van der Waals surface area contributed by atoms with Gasteiger partial charge in [0.1, 0.15) is 23.4 Å². The van der Waals surface area contributed by atoms with Gasteiger partial charge in [0, 0.05) is 41.8 Å². The highest BCUT2D eigenvalue weighted by molar-refractivity contribution is 6.31. The average Bonchev–Trinajstić information content (AvgIpc) is 3.55. The quantitative estimate of drug-likeness (QED) is 0.513. The fourth-order valence-corrected chi connectivity index (χ4v) is 5.78. The van der Waals surface area contributed by atoms with Gasteiger partial charge in [0.15, 0.2) is 0 Å². The molecule has 1 saturated heterocycles. The van der Waals surface area contributed by atoms with Gasteiger partial charge in [-0.1, -0.05) is 25.4 Å². The zero-order valence-electron chi connectivity index (χ0n) is 21.7. The fourth-order valence-electron chi connectivity index (χ4n) is 5.61. The van der Waals surface area contributed by atoms with Gasteiger partial charge in [-0.3, -0.25) is 14.4 Å². The van der Waals surface area contributed by atoms with Gasteiger partial charge < -0.3 is 20.1 Å². The maximum atomic E-state index is 14.1. The molecule has 196 valence electrons. The van der Waals surface area contributed by atoms with Crippen molar-refractivity contribution in [2.45, 2.75) is 51.1 Å². The number of amides is 3. The molecular weight excluding hydrogens is 504 g/mol. The maximum Gasteiger partial charge on any atom is 0.270 e. The average molecular weight is 533 g/mol. The Labute approximate surface area is 225 Å². The van der Waals surface area contributed by atoms with Crippen molar-refractivity contribution in [3.05, 3.63) is 58.4 Å². The molecule has 1 aromatic carbocycles. The first-order valence-electron chi connectivity index (χ1n) is 12.6. The number of H-pyrrole nitrogens is 1. The predicted octanol–water partition coefficient (Wildman–Crippen LogP) is 4.03. The Balaban J connectivity index is 1.46. The summed E-state index contributed by atoms with van der Waals surface area (Å²) in [4.78, 5) is 51.2. The van der Waals surface area contributed by atoms with Gasteiger partial charge in [0.25, 0.3) is 5.91 Å². The number of halogens is 1. The zero-order chi connectivity index (χ0) is 27.4. The second-order valence-electron chi connectivity index (χ2n) is 10.7. The number of hydrogen-bond acceptors (Lipinski definition) is 5. The zero-order valence-corrected chi connectivity index (χ0v) is 22.5. The van der Waals surface area contributed by atoms with Gasteiger partial charge in [-0.2, -0.15) is 5.26 Å². The van der Waals surface area contributed by atoms with Gasteiger partial charge in [-0.25, -0.2) is 4.98 Å². The van der Waals surface area contributed by atoms with E-state index in [1.165, 1.54) is 9.80 Å². The van der Waals surface area contributed by atoms with E-state index in [4.69, 9.17) is 11.6 Å². The van der Waals surface area contributed by atoms with Gasteiger partial charge >= 0.3 is 0 Å². The second-order valence-corrected chi connectivity index (χ2v) is 11.1. The number of aryl methyl sites for hydroxylation is 1. The third kappa shape index (κ3) is 4.19. The Morgan fingerprint density at radius 1 is 1.29 bits per heavy atom. The molecule has 2 aliphatic rings. The monoisotopic (exact) mass is 532 g/mol. The van der Waals surface area contributed by atoms with Crippen LogP contribution >= 0.6 is 11.6 Å². The molecule has 0 radical (unpaired) electrons. The van der Waals surface area contributed by atoms with Crippen LogP contribution in [0, 0.1) is 24.2 Å². The van der Waals surface area contributed by atoms with Gasteiger partial charge in [-0.05, 0) is 61.2 Å². The van der Waals surface area contributed by atoms with Crippen LogP contribution in [0.3, 0.4) is 0 Å². The van der Waals surface area contributed by atoms with Crippen molar-refractivity contribution in [1.82, 2.24) is 19.8 Å². The number of hydrogen-bond donors (Lipinski definition) is 2. The minimum atomic E-state index is -1.07. The summed E-state index contributed by atoms with van der Waals surface area (Å²) >= 11 is 6.25. The lowest BCUT2D eigenvalue weighted by Gasteiger charge is -2.33. The molecule has 0 bridgehead atoms. The number of nitrogens with zero attached hydrogens (tertiary/aromatic N) is 4. The number of benzene rings is 1. The molecule has 0 aliphatic carbocycles. The number of carbonyl (C=O) groups is 3. The molecular formula is C28H29ClN6O3. The summed E-state index contributed by atoms with van der Waals surface area (Å²) in [7, 11) is 1.60. The number of likely N-dealkylation sites (tertiary alicyclic amines) is 1. The molecule has 2 aliphatic heterocycles. The van der Waals surface area contributed by atoms with Crippen molar-refractivity contribution in [2.24, 2.45) is 5.92 Å². The van der Waals surface area contributed by atoms with Crippen molar-refractivity contribution >= 4 is 46.0 Å². The smallest absolute Gasteiger partial charge is 0.270 e. The van der Waals surface area contributed by atoms with Crippen LogP contribution in [0.2, 0.25) is 5.02 Å². The molecule has 10 heteroatoms. The number of aromatic amines is 1. The molecule has 1 spiro atoms. The molecule has 0 saturated carbocycles.